The molecule has 0 saturated carbocycles. The van der Waals surface area contributed by atoms with Crippen molar-refractivity contribution < 1.29 is 4.74 Å². The molecule has 0 amide bonds. The molecule has 1 aliphatic rings. The van der Waals surface area contributed by atoms with E-state index < -0.39 is 0 Å². The molecular formula is C15H23NO. The molecule has 17 heavy (non-hydrogen) atoms. The van der Waals surface area contributed by atoms with Gasteiger partial charge in [0, 0.05) is 6.04 Å². The Kier molecular flexibility index (Phi) is 4.43. The molecule has 0 bridgehead atoms. The predicted molar refractivity (Wildman–Crippen MR) is 71.7 cm³/mol. The highest BCUT2D eigenvalue weighted by atomic mass is 16.5. The van der Waals surface area contributed by atoms with Crippen LogP contribution in [0.4, 0.5) is 0 Å². The molecular weight excluding hydrogens is 210 g/mol. The molecule has 0 aliphatic heterocycles. The number of benzene rings is 1. The maximum Gasteiger partial charge on any atom is 0.119 e. The average Bonchev–Trinajstić information content (AvgIpc) is 2.81. The van der Waals surface area contributed by atoms with Gasteiger partial charge in [0.1, 0.15) is 12.4 Å². The van der Waals surface area contributed by atoms with Gasteiger partial charge in [0.05, 0.1) is 0 Å². The summed E-state index contributed by atoms with van der Waals surface area (Å²) in [6, 6.07) is 6.97. The van der Waals surface area contributed by atoms with Crippen LogP contribution in [0.5, 0.6) is 5.75 Å². The average molecular weight is 233 g/mol. The first-order chi connectivity index (χ1) is 8.29. The van der Waals surface area contributed by atoms with Crippen LogP contribution >= 0.6 is 0 Å². The van der Waals surface area contributed by atoms with Crippen molar-refractivity contribution in [3.8, 4) is 5.75 Å². The Hall–Kier alpha value is -1.02. The predicted octanol–water partition coefficient (Wildman–Crippen LogP) is 2.94. The number of nitrogens with one attached hydrogen (secondary N) is 1. The third kappa shape index (κ3) is 3.47. The number of hydrogen-bond donors (Lipinski definition) is 1. The van der Waals surface area contributed by atoms with E-state index in [1.807, 2.05) is 0 Å². The lowest BCUT2D eigenvalue weighted by molar-refractivity contribution is 0.273. The van der Waals surface area contributed by atoms with E-state index in [0.717, 1.165) is 18.9 Å². The summed E-state index contributed by atoms with van der Waals surface area (Å²) in [5.74, 6) is 1.02. The van der Waals surface area contributed by atoms with Crippen LogP contribution in [0.25, 0.3) is 0 Å². The molecule has 0 saturated heterocycles. The zero-order valence-corrected chi connectivity index (χ0v) is 11.0. The first kappa shape index (κ1) is 12.4. The van der Waals surface area contributed by atoms with Crippen LogP contribution in [0.15, 0.2) is 18.2 Å². The van der Waals surface area contributed by atoms with Crippen molar-refractivity contribution in [1.82, 2.24) is 5.32 Å². The normalized spacial score (nSPS) is 15.6. The maximum atomic E-state index is 5.83. The van der Waals surface area contributed by atoms with Crippen molar-refractivity contribution in [3.05, 3.63) is 29.3 Å². The van der Waals surface area contributed by atoms with Gasteiger partial charge in [0.15, 0.2) is 0 Å². The topological polar surface area (TPSA) is 21.3 Å². The minimum Gasteiger partial charge on any atom is -0.492 e. The van der Waals surface area contributed by atoms with Gasteiger partial charge in [-0.2, -0.15) is 0 Å². The lowest BCUT2D eigenvalue weighted by Crippen LogP contribution is -2.32. The first-order valence-electron chi connectivity index (χ1n) is 6.77. The van der Waals surface area contributed by atoms with E-state index in [2.05, 4.69) is 37.4 Å². The van der Waals surface area contributed by atoms with E-state index >= 15 is 0 Å². The minimum absolute atomic E-state index is 0.420. The standard InChI is InChI=1S/C15H23NO/c1-3-9-16-12(2)11-17-15-8-7-13-5-4-6-14(13)10-15/h7-8,10,12,16H,3-6,9,11H2,1-2H3. The molecule has 2 rings (SSSR count). The molecule has 1 aromatic carbocycles. The Bertz CT molecular complexity index is 362. The summed E-state index contributed by atoms with van der Waals surface area (Å²) < 4.78 is 5.83. The van der Waals surface area contributed by atoms with Gasteiger partial charge in [-0.25, -0.2) is 0 Å². The summed E-state index contributed by atoms with van der Waals surface area (Å²) >= 11 is 0. The van der Waals surface area contributed by atoms with Crippen molar-refractivity contribution >= 4 is 0 Å². The molecule has 0 spiro atoms. The molecule has 1 unspecified atom stereocenters. The molecule has 2 heteroatoms. The van der Waals surface area contributed by atoms with Gasteiger partial charge in [0.2, 0.25) is 0 Å². The lowest BCUT2D eigenvalue weighted by Gasteiger charge is -2.15. The number of aryl methyl sites for hydroxylation is 2. The van der Waals surface area contributed by atoms with E-state index in [0.29, 0.717) is 6.04 Å². The van der Waals surface area contributed by atoms with Crippen LogP contribution in [0, 0.1) is 0 Å². The SMILES string of the molecule is CCCNC(C)COc1ccc2c(c1)CCC2. The molecule has 1 aromatic rings. The zero-order chi connectivity index (χ0) is 12.1. The maximum absolute atomic E-state index is 5.83. The van der Waals surface area contributed by atoms with Crippen LogP contribution in [-0.4, -0.2) is 19.2 Å². The second kappa shape index (κ2) is 6.06. The summed E-state index contributed by atoms with van der Waals surface area (Å²) in [4.78, 5) is 0. The second-order valence-corrected chi connectivity index (χ2v) is 4.95. The molecule has 0 heterocycles. The fourth-order valence-corrected chi connectivity index (χ4v) is 2.31. The van der Waals surface area contributed by atoms with Gasteiger partial charge >= 0.3 is 0 Å². The van der Waals surface area contributed by atoms with Crippen LogP contribution in [0.1, 0.15) is 37.8 Å². The van der Waals surface area contributed by atoms with Crippen molar-refractivity contribution in [2.45, 2.75) is 45.6 Å². The monoisotopic (exact) mass is 233 g/mol. The van der Waals surface area contributed by atoms with Gasteiger partial charge in [-0.05, 0) is 62.4 Å². The Labute approximate surface area is 104 Å². The summed E-state index contributed by atoms with van der Waals surface area (Å²) in [5, 5.41) is 3.43. The van der Waals surface area contributed by atoms with Crippen LogP contribution in [0.2, 0.25) is 0 Å². The number of hydrogen-bond acceptors (Lipinski definition) is 2. The fourth-order valence-electron chi connectivity index (χ4n) is 2.31. The Morgan fingerprint density at radius 3 is 2.94 bits per heavy atom. The van der Waals surface area contributed by atoms with E-state index in [1.54, 1.807) is 0 Å². The van der Waals surface area contributed by atoms with Crippen LogP contribution in [0.3, 0.4) is 0 Å². The number of fused-ring (bicyclic) bond motifs is 1. The molecule has 0 radical (unpaired) electrons. The summed E-state index contributed by atoms with van der Waals surface area (Å²) in [6.45, 7) is 6.16. The molecule has 1 N–H and O–H groups in total. The quantitative estimate of drug-likeness (QED) is 0.815. The van der Waals surface area contributed by atoms with Gasteiger partial charge in [-0.15, -0.1) is 0 Å². The molecule has 0 aromatic heterocycles. The van der Waals surface area contributed by atoms with Crippen LogP contribution < -0.4 is 10.1 Å². The fraction of sp³-hybridized carbons (Fsp3) is 0.600. The minimum atomic E-state index is 0.420. The highest BCUT2D eigenvalue weighted by Crippen LogP contribution is 2.25. The molecule has 1 aliphatic carbocycles. The zero-order valence-electron chi connectivity index (χ0n) is 11.0. The lowest BCUT2D eigenvalue weighted by atomic mass is 10.1. The third-order valence-corrected chi connectivity index (χ3v) is 3.31. The van der Waals surface area contributed by atoms with Crippen LogP contribution in [-0.2, 0) is 12.8 Å². The summed E-state index contributed by atoms with van der Waals surface area (Å²) in [7, 11) is 0. The third-order valence-electron chi connectivity index (χ3n) is 3.31. The van der Waals surface area contributed by atoms with Gasteiger partial charge in [-0.1, -0.05) is 13.0 Å². The summed E-state index contributed by atoms with van der Waals surface area (Å²) in [6.07, 6.45) is 4.93. The highest BCUT2D eigenvalue weighted by molar-refractivity contribution is 5.38. The van der Waals surface area contributed by atoms with E-state index in [4.69, 9.17) is 4.74 Å². The first-order valence-corrected chi connectivity index (χ1v) is 6.77. The Morgan fingerprint density at radius 1 is 1.29 bits per heavy atom. The van der Waals surface area contributed by atoms with Crippen molar-refractivity contribution in [2.75, 3.05) is 13.2 Å². The van der Waals surface area contributed by atoms with Gasteiger partial charge in [-0.3, -0.25) is 0 Å². The molecule has 2 nitrogen and oxygen atoms in total. The molecule has 1 atom stereocenters. The molecule has 94 valence electrons. The van der Waals surface area contributed by atoms with Crippen molar-refractivity contribution in [1.29, 1.82) is 0 Å². The molecule has 0 fully saturated rings. The van der Waals surface area contributed by atoms with E-state index in [-0.39, 0.29) is 0 Å². The Morgan fingerprint density at radius 2 is 2.12 bits per heavy atom. The smallest absolute Gasteiger partial charge is 0.119 e. The van der Waals surface area contributed by atoms with Crippen molar-refractivity contribution in [2.24, 2.45) is 0 Å². The number of rotatable bonds is 6. The van der Waals surface area contributed by atoms with Gasteiger partial charge < -0.3 is 10.1 Å². The van der Waals surface area contributed by atoms with Crippen molar-refractivity contribution in [3.63, 3.8) is 0 Å². The van der Waals surface area contributed by atoms with E-state index in [1.165, 1.54) is 36.8 Å². The van der Waals surface area contributed by atoms with Gasteiger partial charge in [0.25, 0.3) is 0 Å². The second-order valence-electron chi connectivity index (χ2n) is 4.95. The number of ether oxygens (including phenoxy) is 1. The largest absolute Gasteiger partial charge is 0.492 e. The Balaban J connectivity index is 1.83. The summed E-state index contributed by atoms with van der Waals surface area (Å²) in [5.41, 5.74) is 2.99. The highest BCUT2D eigenvalue weighted by Gasteiger charge is 2.11. The van der Waals surface area contributed by atoms with E-state index in [9.17, 15) is 0 Å².